The number of ether oxygens (including phenoxy) is 1. The van der Waals surface area contributed by atoms with Crippen molar-refractivity contribution in [1.82, 2.24) is 20.2 Å². The lowest BCUT2D eigenvalue weighted by Crippen LogP contribution is -2.35. The first-order valence-corrected chi connectivity index (χ1v) is 12.8. The van der Waals surface area contributed by atoms with Gasteiger partial charge in [-0.25, -0.2) is 18.7 Å². The molecule has 0 aliphatic carbocycles. The predicted molar refractivity (Wildman–Crippen MR) is 131 cm³/mol. The molecule has 11 heteroatoms. The van der Waals surface area contributed by atoms with Crippen LogP contribution in [0.15, 0.2) is 30.6 Å². The average molecular weight is 502 g/mol. The minimum absolute atomic E-state index is 0.294. The highest BCUT2D eigenvalue weighted by Crippen LogP contribution is 2.31. The molecule has 5 rings (SSSR count). The van der Waals surface area contributed by atoms with Crippen LogP contribution in [0.4, 0.5) is 19.9 Å². The number of hydrogen-bond donors (Lipinski definition) is 1. The van der Waals surface area contributed by atoms with Gasteiger partial charge in [-0.05, 0) is 48.9 Å². The molecule has 8 nitrogen and oxygen atoms in total. The summed E-state index contributed by atoms with van der Waals surface area (Å²) in [6.07, 6.45) is 6.30. The second-order valence-corrected chi connectivity index (χ2v) is 10.2. The Morgan fingerprint density at radius 1 is 1.09 bits per heavy atom. The molecule has 2 N–H and O–H groups in total. The van der Waals surface area contributed by atoms with Gasteiger partial charge >= 0.3 is 0 Å². The van der Waals surface area contributed by atoms with E-state index in [2.05, 4.69) is 32.0 Å². The van der Waals surface area contributed by atoms with Crippen LogP contribution in [-0.2, 0) is 6.42 Å². The van der Waals surface area contributed by atoms with E-state index in [1.807, 2.05) is 4.90 Å². The second-order valence-electron chi connectivity index (χ2n) is 9.13. The largest absolute Gasteiger partial charge is 0.490 e. The summed E-state index contributed by atoms with van der Waals surface area (Å²) in [5.74, 6) is 0.334. The average Bonchev–Trinajstić information content (AvgIpc) is 3.52. The predicted octanol–water partition coefficient (Wildman–Crippen LogP) is 3.40. The lowest BCUT2D eigenvalue weighted by atomic mass is 9.94. The molecule has 35 heavy (non-hydrogen) atoms. The summed E-state index contributed by atoms with van der Waals surface area (Å²) in [5.41, 5.74) is 6.55. The lowest BCUT2D eigenvalue weighted by Gasteiger charge is -2.31. The minimum Gasteiger partial charge on any atom is -0.490 e. The van der Waals surface area contributed by atoms with Gasteiger partial charge in [0.05, 0.1) is 19.0 Å². The van der Waals surface area contributed by atoms with Crippen molar-refractivity contribution >= 4 is 22.4 Å². The van der Waals surface area contributed by atoms with Gasteiger partial charge in [-0.1, -0.05) is 18.3 Å². The molecular formula is C24H29F2N7OS. The van der Waals surface area contributed by atoms with Crippen molar-refractivity contribution in [3.8, 4) is 5.75 Å². The molecule has 2 aliphatic rings. The summed E-state index contributed by atoms with van der Waals surface area (Å²) >= 11 is 1.67. The van der Waals surface area contributed by atoms with Gasteiger partial charge in [-0.2, -0.15) is 0 Å². The number of hydrogen-bond acceptors (Lipinski definition) is 9. The summed E-state index contributed by atoms with van der Waals surface area (Å²) in [6.45, 7) is 5.49. The standard InChI is InChI=1S/C24H29F2N7OS/c1-2-22-30-31-24(35-22)32-7-5-15(6-8-32)14-34-17-10-28-23(29-11-17)33-12-19(21(27)13-33)18-9-16(25)3-4-20(18)26/h3-4,9-11,15,19,21H,2,5-8,12-14,27H2,1H3/t19-,21+/m1/s1. The molecule has 0 spiro atoms. The molecule has 3 aromatic rings. The van der Waals surface area contributed by atoms with Gasteiger partial charge in [0.1, 0.15) is 16.6 Å². The van der Waals surface area contributed by atoms with Crippen molar-refractivity contribution in [1.29, 1.82) is 0 Å². The van der Waals surface area contributed by atoms with E-state index in [1.54, 1.807) is 23.7 Å². The Morgan fingerprint density at radius 3 is 2.57 bits per heavy atom. The van der Waals surface area contributed by atoms with Crippen LogP contribution in [0.25, 0.3) is 0 Å². The van der Waals surface area contributed by atoms with E-state index in [-0.39, 0.29) is 12.0 Å². The number of halogens is 2. The van der Waals surface area contributed by atoms with E-state index in [1.165, 1.54) is 6.07 Å². The highest BCUT2D eigenvalue weighted by atomic mass is 32.1. The third-order valence-electron chi connectivity index (χ3n) is 6.75. The maximum atomic E-state index is 14.2. The van der Waals surface area contributed by atoms with Gasteiger partial charge in [0.2, 0.25) is 11.1 Å². The number of nitrogens with zero attached hydrogens (tertiary/aromatic N) is 6. The van der Waals surface area contributed by atoms with E-state index in [9.17, 15) is 8.78 Å². The minimum atomic E-state index is -0.471. The number of nitrogens with two attached hydrogens (primary N) is 1. The number of rotatable bonds is 7. The molecule has 2 fully saturated rings. The molecule has 0 bridgehead atoms. The molecule has 4 heterocycles. The van der Waals surface area contributed by atoms with Crippen LogP contribution in [0.2, 0.25) is 0 Å². The van der Waals surface area contributed by atoms with Gasteiger partial charge in [0, 0.05) is 38.1 Å². The van der Waals surface area contributed by atoms with Crippen LogP contribution in [0.1, 0.15) is 36.3 Å². The zero-order chi connectivity index (χ0) is 24.4. The molecule has 186 valence electrons. The lowest BCUT2D eigenvalue weighted by molar-refractivity contribution is 0.221. The second kappa shape index (κ2) is 10.4. The van der Waals surface area contributed by atoms with Crippen LogP contribution in [0.3, 0.4) is 0 Å². The summed E-state index contributed by atoms with van der Waals surface area (Å²) in [6, 6.07) is 3.14. The SMILES string of the molecule is CCc1nnc(N2CCC(COc3cnc(N4C[C@H](c5cc(F)ccc5F)[C@@H](N)C4)nc3)CC2)s1. The van der Waals surface area contributed by atoms with Gasteiger partial charge in [0.25, 0.3) is 0 Å². The normalized spacial score (nSPS) is 21.0. The van der Waals surface area contributed by atoms with Crippen molar-refractivity contribution < 1.29 is 13.5 Å². The van der Waals surface area contributed by atoms with E-state index in [4.69, 9.17) is 10.5 Å². The number of benzene rings is 1. The van der Waals surface area contributed by atoms with Gasteiger partial charge in [-0.3, -0.25) is 0 Å². The first kappa shape index (κ1) is 23.8. The Balaban J connectivity index is 1.12. The molecule has 1 aromatic carbocycles. The third-order valence-corrected chi connectivity index (χ3v) is 7.88. The zero-order valence-corrected chi connectivity index (χ0v) is 20.4. The highest BCUT2D eigenvalue weighted by molar-refractivity contribution is 7.15. The molecule has 0 radical (unpaired) electrons. The Bertz CT molecular complexity index is 1140. The monoisotopic (exact) mass is 501 g/mol. The summed E-state index contributed by atoms with van der Waals surface area (Å²) in [4.78, 5) is 13.1. The van der Waals surface area contributed by atoms with E-state index >= 15 is 0 Å². The molecule has 2 saturated heterocycles. The van der Waals surface area contributed by atoms with Crippen LogP contribution in [0, 0.1) is 17.6 Å². The zero-order valence-electron chi connectivity index (χ0n) is 19.6. The number of aromatic nitrogens is 4. The maximum absolute atomic E-state index is 14.2. The topological polar surface area (TPSA) is 93.3 Å². The number of anilines is 2. The van der Waals surface area contributed by atoms with Crippen molar-refractivity contribution in [3.05, 3.63) is 52.8 Å². The Kier molecular flexibility index (Phi) is 7.05. The fourth-order valence-corrected chi connectivity index (χ4v) is 5.52. The van der Waals surface area contributed by atoms with Crippen LogP contribution < -0.4 is 20.3 Å². The molecule has 0 unspecified atom stereocenters. The third kappa shape index (κ3) is 5.35. The Morgan fingerprint density at radius 2 is 1.86 bits per heavy atom. The molecule has 0 saturated carbocycles. The smallest absolute Gasteiger partial charge is 0.225 e. The van der Waals surface area contributed by atoms with Crippen molar-refractivity contribution in [2.75, 3.05) is 42.6 Å². The van der Waals surface area contributed by atoms with E-state index < -0.39 is 11.6 Å². The fourth-order valence-electron chi connectivity index (χ4n) is 4.69. The Hall–Kier alpha value is -2.92. The summed E-state index contributed by atoms with van der Waals surface area (Å²) in [7, 11) is 0. The molecule has 2 aliphatic heterocycles. The Labute approximate surface area is 207 Å². The van der Waals surface area contributed by atoms with Crippen LogP contribution >= 0.6 is 11.3 Å². The number of piperidine rings is 1. The molecule has 2 atom stereocenters. The molecule has 0 amide bonds. The van der Waals surface area contributed by atoms with Gasteiger partial charge < -0.3 is 20.3 Å². The van der Waals surface area contributed by atoms with Crippen molar-refractivity contribution in [3.63, 3.8) is 0 Å². The van der Waals surface area contributed by atoms with Crippen molar-refractivity contribution in [2.24, 2.45) is 11.7 Å². The van der Waals surface area contributed by atoms with Gasteiger partial charge in [0.15, 0.2) is 5.75 Å². The maximum Gasteiger partial charge on any atom is 0.225 e. The molecular weight excluding hydrogens is 472 g/mol. The summed E-state index contributed by atoms with van der Waals surface area (Å²) in [5, 5.41) is 10.6. The van der Waals surface area contributed by atoms with E-state index in [0.717, 1.165) is 54.6 Å². The van der Waals surface area contributed by atoms with Gasteiger partial charge in [-0.15, -0.1) is 10.2 Å². The first-order chi connectivity index (χ1) is 17.0. The quantitative estimate of drug-likeness (QED) is 0.527. The summed E-state index contributed by atoms with van der Waals surface area (Å²) < 4.78 is 33.8. The van der Waals surface area contributed by atoms with Crippen molar-refractivity contribution in [2.45, 2.75) is 38.1 Å². The number of aryl methyl sites for hydroxylation is 1. The fraction of sp³-hybridized carbons (Fsp3) is 0.500. The van der Waals surface area contributed by atoms with Crippen LogP contribution in [-0.4, -0.2) is 59.0 Å². The first-order valence-electron chi connectivity index (χ1n) is 12.0. The van der Waals surface area contributed by atoms with Crippen LogP contribution in [0.5, 0.6) is 5.75 Å². The van der Waals surface area contributed by atoms with E-state index in [0.29, 0.717) is 42.9 Å². The molecule has 2 aromatic heterocycles. The highest BCUT2D eigenvalue weighted by Gasteiger charge is 2.34.